The van der Waals surface area contributed by atoms with Gasteiger partial charge >= 0.3 is 0 Å². The van der Waals surface area contributed by atoms with E-state index in [2.05, 4.69) is 10.6 Å². The van der Waals surface area contributed by atoms with Crippen molar-refractivity contribution in [3.05, 3.63) is 81.3 Å². The van der Waals surface area contributed by atoms with Gasteiger partial charge in [0.2, 0.25) is 5.91 Å². The van der Waals surface area contributed by atoms with Crippen molar-refractivity contribution in [3.63, 3.8) is 0 Å². The van der Waals surface area contributed by atoms with Crippen LogP contribution in [0.4, 0.5) is 0 Å². The second kappa shape index (κ2) is 16.5. The number of para-hydroxylation sites is 1. The van der Waals surface area contributed by atoms with E-state index in [4.69, 9.17) is 42.1 Å². The summed E-state index contributed by atoms with van der Waals surface area (Å²) in [7, 11) is 3.21. The van der Waals surface area contributed by atoms with Crippen molar-refractivity contribution in [2.75, 3.05) is 40.5 Å². The number of hydrogen-bond donors (Lipinski definition) is 2. The normalized spacial score (nSPS) is 17.3. The molecule has 12 heteroatoms. The molecule has 9 nitrogen and oxygen atoms in total. The fourth-order valence-corrected chi connectivity index (χ4v) is 6.33. The van der Waals surface area contributed by atoms with Crippen LogP contribution in [0.15, 0.2) is 54.6 Å². The number of methoxy groups -OCH3 is 2. The smallest absolute Gasteiger partial charge is 0.251 e. The third kappa shape index (κ3) is 8.70. The Balaban J connectivity index is 0.00000480. The molecule has 0 radical (unpaired) electrons. The molecule has 5 rings (SSSR count). The molecule has 248 valence electrons. The third-order valence-corrected chi connectivity index (χ3v) is 8.63. The molecule has 1 aliphatic heterocycles. The van der Waals surface area contributed by atoms with Crippen LogP contribution in [0.25, 0.3) is 0 Å². The van der Waals surface area contributed by atoms with Gasteiger partial charge in [0.25, 0.3) is 5.91 Å². The molecule has 2 unspecified atom stereocenters. The highest BCUT2D eigenvalue weighted by molar-refractivity contribution is 6.37. The minimum absolute atomic E-state index is 0. The number of rotatable bonds is 13. The monoisotopic (exact) mass is 691 g/mol. The second-order valence-electron chi connectivity index (χ2n) is 11.3. The van der Waals surface area contributed by atoms with Gasteiger partial charge in [-0.3, -0.25) is 9.59 Å². The van der Waals surface area contributed by atoms with Gasteiger partial charge in [0.1, 0.15) is 19.0 Å². The van der Waals surface area contributed by atoms with E-state index in [0.29, 0.717) is 58.1 Å². The molecule has 1 aliphatic carbocycles. The van der Waals surface area contributed by atoms with Crippen LogP contribution < -0.4 is 29.6 Å². The predicted molar refractivity (Wildman–Crippen MR) is 181 cm³/mol. The van der Waals surface area contributed by atoms with Gasteiger partial charge in [0.05, 0.1) is 30.2 Å². The lowest BCUT2D eigenvalue weighted by molar-refractivity contribution is -0.138. The molecular formula is C34H40Cl3N3O6. The highest BCUT2D eigenvalue weighted by atomic mass is 35.5. The zero-order valence-electron chi connectivity index (χ0n) is 26.1. The van der Waals surface area contributed by atoms with E-state index in [-0.39, 0.29) is 49.5 Å². The van der Waals surface area contributed by atoms with Gasteiger partial charge in [-0.15, -0.1) is 12.4 Å². The molecule has 0 bridgehead atoms. The Hall–Kier alpha value is -3.37. The van der Waals surface area contributed by atoms with Crippen molar-refractivity contribution in [2.24, 2.45) is 5.92 Å². The lowest BCUT2D eigenvalue weighted by Gasteiger charge is -2.36. The first-order valence-corrected chi connectivity index (χ1v) is 15.9. The second-order valence-corrected chi connectivity index (χ2v) is 12.1. The zero-order valence-corrected chi connectivity index (χ0v) is 28.5. The van der Waals surface area contributed by atoms with Crippen LogP contribution in [0.2, 0.25) is 10.0 Å². The Kier molecular flexibility index (Phi) is 12.7. The Morgan fingerprint density at radius 2 is 1.63 bits per heavy atom. The number of halogens is 3. The van der Waals surface area contributed by atoms with Gasteiger partial charge in [0.15, 0.2) is 17.2 Å². The molecule has 2 N–H and O–H groups in total. The summed E-state index contributed by atoms with van der Waals surface area (Å²) in [5.74, 6) is 1.69. The van der Waals surface area contributed by atoms with Crippen molar-refractivity contribution in [1.82, 2.24) is 15.5 Å². The number of benzene rings is 3. The molecule has 46 heavy (non-hydrogen) atoms. The first-order chi connectivity index (χ1) is 21.8. The van der Waals surface area contributed by atoms with Crippen molar-refractivity contribution in [3.8, 4) is 23.0 Å². The molecule has 2 atom stereocenters. The topological polar surface area (TPSA) is 98.4 Å². The SMILES string of the molecule is COc1cccc(CN(C(=O)C2CNCCC2NC(=O)c2ccc(OCCOc3c(Cl)cc(C)cc3Cl)cc2)C2CC2)c1OC.Cl. The summed E-state index contributed by atoms with van der Waals surface area (Å²) in [4.78, 5) is 29.2. The summed E-state index contributed by atoms with van der Waals surface area (Å²) in [6, 6.07) is 16.1. The Morgan fingerprint density at radius 1 is 0.935 bits per heavy atom. The van der Waals surface area contributed by atoms with Gasteiger partial charge in [-0.1, -0.05) is 35.3 Å². The minimum Gasteiger partial charge on any atom is -0.493 e. The molecule has 2 amide bonds. The maximum absolute atomic E-state index is 14.0. The molecule has 1 saturated carbocycles. The maximum atomic E-state index is 14.0. The number of amides is 2. The zero-order chi connectivity index (χ0) is 31.9. The number of piperidine rings is 1. The third-order valence-electron chi connectivity index (χ3n) is 8.07. The first kappa shape index (κ1) is 35.5. The van der Waals surface area contributed by atoms with Crippen molar-refractivity contribution < 1.29 is 28.5 Å². The molecule has 0 aromatic heterocycles. The highest BCUT2D eigenvalue weighted by Crippen LogP contribution is 2.36. The fourth-order valence-electron chi connectivity index (χ4n) is 5.62. The summed E-state index contributed by atoms with van der Waals surface area (Å²) < 4.78 is 22.6. The molecule has 3 aromatic rings. The van der Waals surface area contributed by atoms with E-state index in [1.54, 1.807) is 50.6 Å². The average Bonchev–Trinajstić information content (AvgIpc) is 3.88. The number of ether oxygens (including phenoxy) is 4. The maximum Gasteiger partial charge on any atom is 0.251 e. The fraction of sp³-hybridized carbons (Fsp3) is 0.412. The number of nitrogens with zero attached hydrogens (tertiary/aromatic N) is 1. The van der Waals surface area contributed by atoms with Crippen molar-refractivity contribution >= 4 is 47.4 Å². The van der Waals surface area contributed by atoms with Gasteiger partial charge in [0, 0.05) is 36.3 Å². The summed E-state index contributed by atoms with van der Waals surface area (Å²) in [6.45, 7) is 4.05. The van der Waals surface area contributed by atoms with Crippen LogP contribution in [-0.4, -0.2) is 69.3 Å². The van der Waals surface area contributed by atoms with Gasteiger partial charge in [-0.2, -0.15) is 0 Å². The standard InChI is InChI=1S/C34H39Cl2N3O6.ClH/c1-21-17-27(35)32(28(36)18-21)45-16-15-44-25-11-7-22(8-12-25)33(40)38-29-13-14-37-19-26(29)34(41)39(24-9-10-24)20-23-5-4-6-30(42-2)31(23)43-3;/h4-8,11-12,17-18,24,26,29,37H,9-10,13-16,19-20H2,1-3H3,(H,38,40);1H. The molecular weight excluding hydrogens is 653 g/mol. The number of nitrogens with one attached hydrogen (secondary N) is 2. The molecule has 0 spiro atoms. The van der Waals surface area contributed by atoms with Crippen LogP contribution in [0.1, 0.15) is 40.7 Å². The van der Waals surface area contributed by atoms with Crippen molar-refractivity contribution in [2.45, 2.75) is 44.8 Å². The predicted octanol–water partition coefficient (Wildman–Crippen LogP) is 6.10. The van der Waals surface area contributed by atoms with E-state index < -0.39 is 5.92 Å². The molecule has 1 saturated heterocycles. The lowest BCUT2D eigenvalue weighted by atomic mass is 9.91. The van der Waals surface area contributed by atoms with E-state index in [1.807, 2.05) is 30.0 Å². The first-order valence-electron chi connectivity index (χ1n) is 15.1. The van der Waals surface area contributed by atoms with Crippen LogP contribution in [0, 0.1) is 12.8 Å². The Morgan fingerprint density at radius 3 is 2.28 bits per heavy atom. The van der Waals surface area contributed by atoms with E-state index in [0.717, 1.165) is 30.5 Å². The molecule has 3 aromatic carbocycles. The average molecular weight is 693 g/mol. The van der Waals surface area contributed by atoms with Crippen molar-refractivity contribution in [1.29, 1.82) is 0 Å². The Bertz CT molecular complexity index is 1480. The number of aryl methyl sites for hydroxylation is 1. The van der Waals surface area contributed by atoms with Crippen LogP contribution in [-0.2, 0) is 11.3 Å². The van der Waals surface area contributed by atoms with Gasteiger partial charge in [-0.25, -0.2) is 0 Å². The van der Waals surface area contributed by atoms with Crippen LogP contribution in [0.5, 0.6) is 23.0 Å². The summed E-state index contributed by atoms with van der Waals surface area (Å²) in [5, 5.41) is 7.37. The summed E-state index contributed by atoms with van der Waals surface area (Å²) >= 11 is 12.5. The minimum atomic E-state index is -0.391. The number of carbonyl (C=O) groups is 2. The number of carbonyl (C=O) groups excluding carboxylic acids is 2. The largest absolute Gasteiger partial charge is 0.493 e. The summed E-state index contributed by atoms with van der Waals surface area (Å²) in [6.07, 6.45) is 2.58. The van der Waals surface area contributed by atoms with Crippen LogP contribution in [0.3, 0.4) is 0 Å². The molecule has 2 fully saturated rings. The summed E-state index contributed by atoms with van der Waals surface area (Å²) in [5.41, 5.74) is 2.32. The molecule has 1 heterocycles. The molecule has 2 aliphatic rings. The van der Waals surface area contributed by atoms with E-state index in [1.165, 1.54) is 0 Å². The Labute approximate surface area is 286 Å². The number of hydrogen-bond acceptors (Lipinski definition) is 7. The quantitative estimate of drug-likeness (QED) is 0.209. The van der Waals surface area contributed by atoms with Crippen LogP contribution >= 0.6 is 35.6 Å². The van der Waals surface area contributed by atoms with E-state index in [9.17, 15) is 9.59 Å². The lowest BCUT2D eigenvalue weighted by Crippen LogP contribution is -2.55. The van der Waals surface area contributed by atoms with E-state index >= 15 is 0 Å². The highest BCUT2D eigenvalue weighted by Gasteiger charge is 2.40. The van der Waals surface area contributed by atoms with Gasteiger partial charge < -0.3 is 34.5 Å². The van der Waals surface area contributed by atoms with Gasteiger partial charge in [-0.05, 0) is 80.8 Å².